The van der Waals surface area contributed by atoms with Crippen LogP contribution in [0.25, 0.3) is 0 Å². The lowest BCUT2D eigenvalue weighted by Gasteiger charge is -2.11. The van der Waals surface area contributed by atoms with Gasteiger partial charge in [0.05, 0.1) is 10.6 Å². The number of hydrogen-bond acceptors (Lipinski definition) is 3. The average molecular weight is 295 g/mol. The van der Waals surface area contributed by atoms with Crippen LogP contribution >= 0.6 is 11.6 Å². The van der Waals surface area contributed by atoms with Gasteiger partial charge in [0.25, 0.3) is 5.91 Å². The number of rotatable bonds is 3. The Kier molecular flexibility index (Phi) is 4.10. The van der Waals surface area contributed by atoms with E-state index in [1.54, 1.807) is 6.07 Å². The first-order chi connectivity index (χ1) is 9.51. The highest BCUT2D eigenvalue weighted by Gasteiger charge is 2.13. The predicted octanol–water partition coefficient (Wildman–Crippen LogP) is 3.21. The standard InChI is InChI=1S/C14H12ClFN2O2/c1-18-14(19)10-4-2-8(17)6-13(10)20-9-3-5-11(15)12(16)7-9/h2-7H,17H2,1H3,(H,18,19). The minimum absolute atomic E-state index is 0.00329. The van der Waals surface area contributed by atoms with Crippen LogP contribution in [0.4, 0.5) is 10.1 Å². The van der Waals surface area contributed by atoms with Gasteiger partial charge in [-0.1, -0.05) is 11.6 Å². The van der Waals surface area contributed by atoms with E-state index in [4.69, 9.17) is 22.1 Å². The number of nitrogen functional groups attached to an aromatic ring is 1. The van der Waals surface area contributed by atoms with Crippen LogP contribution in [0.5, 0.6) is 11.5 Å². The van der Waals surface area contributed by atoms with Crippen LogP contribution in [0, 0.1) is 5.82 Å². The van der Waals surface area contributed by atoms with Gasteiger partial charge in [0.2, 0.25) is 0 Å². The number of carbonyl (C=O) groups excluding carboxylic acids is 1. The van der Waals surface area contributed by atoms with E-state index in [1.807, 2.05) is 0 Å². The van der Waals surface area contributed by atoms with Crippen molar-refractivity contribution in [1.82, 2.24) is 5.32 Å². The number of halogens is 2. The van der Waals surface area contributed by atoms with Crippen molar-refractivity contribution in [2.75, 3.05) is 12.8 Å². The van der Waals surface area contributed by atoms with E-state index in [2.05, 4.69) is 5.32 Å². The number of nitrogens with two attached hydrogens (primary N) is 1. The molecule has 0 saturated heterocycles. The minimum Gasteiger partial charge on any atom is -0.456 e. The summed E-state index contributed by atoms with van der Waals surface area (Å²) in [4.78, 5) is 11.7. The molecule has 0 aliphatic heterocycles. The van der Waals surface area contributed by atoms with Crippen molar-refractivity contribution in [2.45, 2.75) is 0 Å². The van der Waals surface area contributed by atoms with E-state index < -0.39 is 5.82 Å². The summed E-state index contributed by atoms with van der Waals surface area (Å²) in [6.07, 6.45) is 0. The van der Waals surface area contributed by atoms with E-state index in [-0.39, 0.29) is 22.4 Å². The smallest absolute Gasteiger partial charge is 0.254 e. The van der Waals surface area contributed by atoms with Gasteiger partial charge in [0, 0.05) is 24.9 Å². The molecule has 0 saturated carbocycles. The second kappa shape index (κ2) is 5.79. The van der Waals surface area contributed by atoms with Gasteiger partial charge in [-0.15, -0.1) is 0 Å². The van der Waals surface area contributed by atoms with Gasteiger partial charge >= 0.3 is 0 Å². The Morgan fingerprint density at radius 1 is 1.30 bits per heavy atom. The summed E-state index contributed by atoms with van der Waals surface area (Å²) in [5, 5.41) is 2.49. The van der Waals surface area contributed by atoms with E-state index >= 15 is 0 Å². The van der Waals surface area contributed by atoms with E-state index in [9.17, 15) is 9.18 Å². The Labute approximate surface area is 120 Å². The molecule has 1 amide bonds. The lowest BCUT2D eigenvalue weighted by atomic mass is 10.1. The molecule has 2 aromatic carbocycles. The lowest BCUT2D eigenvalue weighted by molar-refractivity contribution is 0.0961. The summed E-state index contributed by atoms with van der Waals surface area (Å²) < 4.78 is 18.9. The first-order valence-corrected chi connectivity index (χ1v) is 6.13. The number of benzene rings is 2. The van der Waals surface area contributed by atoms with Crippen LogP contribution < -0.4 is 15.8 Å². The Bertz CT molecular complexity index is 662. The zero-order chi connectivity index (χ0) is 14.7. The Morgan fingerprint density at radius 3 is 2.70 bits per heavy atom. The molecule has 4 nitrogen and oxygen atoms in total. The highest BCUT2D eigenvalue weighted by Crippen LogP contribution is 2.29. The fraction of sp³-hybridized carbons (Fsp3) is 0.0714. The predicted molar refractivity (Wildman–Crippen MR) is 75.7 cm³/mol. The molecule has 6 heteroatoms. The number of amides is 1. The fourth-order valence-corrected chi connectivity index (χ4v) is 1.73. The van der Waals surface area contributed by atoms with E-state index in [0.29, 0.717) is 11.3 Å². The summed E-state index contributed by atoms with van der Waals surface area (Å²) in [7, 11) is 1.50. The third-order valence-electron chi connectivity index (χ3n) is 2.60. The van der Waals surface area contributed by atoms with Crippen molar-refractivity contribution in [1.29, 1.82) is 0 Å². The van der Waals surface area contributed by atoms with Gasteiger partial charge in [0.1, 0.15) is 17.3 Å². The second-order valence-electron chi connectivity index (χ2n) is 4.01. The number of nitrogens with one attached hydrogen (secondary N) is 1. The van der Waals surface area contributed by atoms with E-state index in [0.717, 1.165) is 6.07 Å². The van der Waals surface area contributed by atoms with Gasteiger partial charge in [-0.3, -0.25) is 4.79 Å². The minimum atomic E-state index is -0.602. The molecule has 2 aromatic rings. The molecule has 0 atom stereocenters. The first kappa shape index (κ1) is 14.1. The Hall–Kier alpha value is -2.27. The molecule has 0 aromatic heterocycles. The maximum Gasteiger partial charge on any atom is 0.254 e. The van der Waals surface area contributed by atoms with Crippen LogP contribution in [-0.2, 0) is 0 Å². The van der Waals surface area contributed by atoms with Crippen LogP contribution in [0.2, 0.25) is 5.02 Å². The quantitative estimate of drug-likeness (QED) is 0.854. The summed E-state index contributed by atoms with van der Waals surface area (Å²) >= 11 is 5.60. The van der Waals surface area contributed by atoms with Crippen LogP contribution in [0.3, 0.4) is 0 Å². The Morgan fingerprint density at radius 2 is 2.05 bits per heavy atom. The highest BCUT2D eigenvalue weighted by atomic mass is 35.5. The molecule has 0 spiro atoms. The summed E-state index contributed by atoms with van der Waals surface area (Å²) in [5.41, 5.74) is 6.41. The van der Waals surface area contributed by atoms with Crippen molar-refractivity contribution in [3.63, 3.8) is 0 Å². The molecule has 0 heterocycles. The zero-order valence-electron chi connectivity index (χ0n) is 10.6. The molecule has 3 N–H and O–H groups in total. The number of ether oxygens (including phenoxy) is 1. The molecule has 0 bridgehead atoms. The highest BCUT2D eigenvalue weighted by molar-refractivity contribution is 6.30. The molecule has 0 fully saturated rings. The number of anilines is 1. The lowest BCUT2D eigenvalue weighted by Crippen LogP contribution is -2.18. The Balaban J connectivity index is 2.38. The average Bonchev–Trinajstić information content (AvgIpc) is 2.42. The monoisotopic (exact) mass is 294 g/mol. The van der Waals surface area contributed by atoms with Gasteiger partial charge in [-0.2, -0.15) is 0 Å². The molecular formula is C14H12ClFN2O2. The summed E-state index contributed by atoms with van der Waals surface area (Å²) in [6.45, 7) is 0. The first-order valence-electron chi connectivity index (χ1n) is 5.76. The molecule has 104 valence electrons. The third-order valence-corrected chi connectivity index (χ3v) is 2.90. The largest absolute Gasteiger partial charge is 0.456 e. The van der Waals surface area contributed by atoms with Crippen molar-refractivity contribution in [3.05, 3.63) is 52.8 Å². The summed E-state index contributed by atoms with van der Waals surface area (Å²) in [6, 6.07) is 8.63. The third kappa shape index (κ3) is 3.00. The van der Waals surface area contributed by atoms with Crippen LogP contribution in [-0.4, -0.2) is 13.0 Å². The number of carbonyl (C=O) groups is 1. The molecule has 20 heavy (non-hydrogen) atoms. The zero-order valence-corrected chi connectivity index (χ0v) is 11.4. The molecule has 0 radical (unpaired) electrons. The fourth-order valence-electron chi connectivity index (χ4n) is 1.61. The summed E-state index contributed by atoms with van der Waals surface area (Å²) in [5.74, 6) is -0.460. The van der Waals surface area contributed by atoms with Crippen LogP contribution in [0.15, 0.2) is 36.4 Å². The van der Waals surface area contributed by atoms with E-state index in [1.165, 1.54) is 31.3 Å². The SMILES string of the molecule is CNC(=O)c1ccc(N)cc1Oc1ccc(Cl)c(F)c1. The van der Waals surface area contributed by atoms with Gasteiger partial charge in [-0.05, 0) is 24.3 Å². The van der Waals surface area contributed by atoms with Gasteiger partial charge in [0.15, 0.2) is 0 Å². The maximum atomic E-state index is 13.4. The van der Waals surface area contributed by atoms with Crippen molar-refractivity contribution in [2.24, 2.45) is 0 Å². The van der Waals surface area contributed by atoms with Crippen molar-refractivity contribution in [3.8, 4) is 11.5 Å². The van der Waals surface area contributed by atoms with Crippen molar-refractivity contribution >= 4 is 23.2 Å². The molecule has 0 aliphatic carbocycles. The van der Waals surface area contributed by atoms with Crippen molar-refractivity contribution < 1.29 is 13.9 Å². The number of hydrogen-bond donors (Lipinski definition) is 2. The molecule has 0 aliphatic rings. The van der Waals surface area contributed by atoms with Gasteiger partial charge in [-0.25, -0.2) is 4.39 Å². The second-order valence-corrected chi connectivity index (χ2v) is 4.42. The normalized spacial score (nSPS) is 10.2. The van der Waals surface area contributed by atoms with Gasteiger partial charge < -0.3 is 15.8 Å². The molecule has 2 rings (SSSR count). The van der Waals surface area contributed by atoms with Crippen LogP contribution in [0.1, 0.15) is 10.4 Å². The topological polar surface area (TPSA) is 64.4 Å². The molecular weight excluding hydrogens is 283 g/mol. The molecule has 0 unspecified atom stereocenters. The maximum absolute atomic E-state index is 13.4.